The number of halogens is 2. The van der Waals surface area contributed by atoms with Crippen molar-refractivity contribution in [3.63, 3.8) is 0 Å². The highest BCUT2D eigenvalue weighted by Gasteiger charge is 2.24. The zero-order valence-corrected chi connectivity index (χ0v) is 14.1. The second-order valence-electron chi connectivity index (χ2n) is 5.60. The number of piperazine rings is 1. The Kier molecular flexibility index (Phi) is 4.90. The predicted octanol–water partition coefficient (Wildman–Crippen LogP) is 3.45. The van der Waals surface area contributed by atoms with Gasteiger partial charge in [0.25, 0.3) is 5.91 Å². The molecule has 4 nitrogen and oxygen atoms in total. The van der Waals surface area contributed by atoms with E-state index >= 15 is 0 Å². The molecule has 0 unspecified atom stereocenters. The molecular formula is C18H18ClFN2O2. The first-order valence-corrected chi connectivity index (χ1v) is 8.09. The predicted molar refractivity (Wildman–Crippen MR) is 92.5 cm³/mol. The minimum atomic E-state index is -0.559. The molecule has 6 heteroatoms. The van der Waals surface area contributed by atoms with Crippen molar-refractivity contribution in [1.82, 2.24) is 4.90 Å². The summed E-state index contributed by atoms with van der Waals surface area (Å²) in [6.45, 7) is 2.45. The van der Waals surface area contributed by atoms with Gasteiger partial charge in [-0.3, -0.25) is 4.79 Å². The first kappa shape index (κ1) is 16.6. The monoisotopic (exact) mass is 348 g/mol. The molecule has 24 heavy (non-hydrogen) atoms. The molecule has 0 saturated carbocycles. The van der Waals surface area contributed by atoms with Gasteiger partial charge >= 0.3 is 0 Å². The Morgan fingerprint density at radius 3 is 2.50 bits per heavy atom. The molecule has 1 aliphatic rings. The second kappa shape index (κ2) is 7.09. The maximum Gasteiger partial charge on any atom is 0.256 e. The number of benzene rings is 2. The molecule has 3 rings (SSSR count). The largest absolute Gasteiger partial charge is 0.497 e. The van der Waals surface area contributed by atoms with E-state index in [1.54, 1.807) is 11.0 Å². The summed E-state index contributed by atoms with van der Waals surface area (Å²) in [5.74, 6) is -0.452. The molecule has 0 atom stereocenters. The van der Waals surface area contributed by atoms with E-state index in [1.807, 2.05) is 24.3 Å². The summed E-state index contributed by atoms with van der Waals surface area (Å²) >= 11 is 6.02. The molecule has 0 radical (unpaired) electrons. The Labute approximate surface area is 145 Å². The van der Waals surface area contributed by atoms with Crippen LogP contribution in [0.4, 0.5) is 10.1 Å². The van der Waals surface area contributed by atoms with Crippen molar-refractivity contribution in [1.29, 1.82) is 0 Å². The summed E-state index contributed by atoms with van der Waals surface area (Å²) < 4.78 is 19.0. The number of ether oxygens (including phenoxy) is 1. The summed E-state index contributed by atoms with van der Waals surface area (Å²) in [6.07, 6.45) is 0. The molecule has 0 N–H and O–H groups in total. The molecule has 1 amide bonds. The smallest absolute Gasteiger partial charge is 0.256 e. The van der Waals surface area contributed by atoms with Gasteiger partial charge in [0.05, 0.1) is 12.7 Å². The summed E-state index contributed by atoms with van der Waals surface area (Å²) in [5, 5.41) is 0.686. The van der Waals surface area contributed by atoms with Crippen molar-refractivity contribution in [2.75, 3.05) is 38.2 Å². The lowest BCUT2D eigenvalue weighted by molar-refractivity contribution is 0.0742. The lowest BCUT2D eigenvalue weighted by atomic mass is 10.1. The van der Waals surface area contributed by atoms with Crippen LogP contribution in [0.5, 0.6) is 5.75 Å². The molecule has 1 fully saturated rings. The highest BCUT2D eigenvalue weighted by atomic mass is 35.5. The van der Waals surface area contributed by atoms with Gasteiger partial charge in [0, 0.05) is 43.0 Å². The molecule has 126 valence electrons. The van der Waals surface area contributed by atoms with Crippen molar-refractivity contribution in [3.8, 4) is 5.75 Å². The number of methoxy groups -OCH3 is 1. The molecule has 1 heterocycles. The number of carbonyl (C=O) groups is 1. The fourth-order valence-electron chi connectivity index (χ4n) is 2.81. The average Bonchev–Trinajstić information content (AvgIpc) is 2.61. The zero-order valence-electron chi connectivity index (χ0n) is 13.3. The quantitative estimate of drug-likeness (QED) is 0.851. The minimum Gasteiger partial charge on any atom is -0.497 e. The Hall–Kier alpha value is -2.27. The maximum atomic E-state index is 14.1. The van der Waals surface area contributed by atoms with Crippen molar-refractivity contribution in [2.24, 2.45) is 0 Å². The Morgan fingerprint density at radius 1 is 1.12 bits per heavy atom. The Morgan fingerprint density at radius 2 is 1.88 bits per heavy atom. The average molecular weight is 349 g/mol. The van der Waals surface area contributed by atoms with Crippen molar-refractivity contribution < 1.29 is 13.9 Å². The molecule has 1 saturated heterocycles. The number of hydrogen-bond acceptors (Lipinski definition) is 3. The SMILES string of the molecule is COc1ccc(C(=O)N2CCN(c3cccc(Cl)c3)CC2)c(F)c1. The molecule has 1 aliphatic heterocycles. The van der Waals surface area contributed by atoms with E-state index in [0.29, 0.717) is 37.0 Å². The van der Waals surface area contributed by atoms with Crippen LogP contribution < -0.4 is 9.64 Å². The summed E-state index contributed by atoms with van der Waals surface area (Å²) in [5.41, 5.74) is 1.11. The molecule has 0 spiro atoms. The normalized spacial score (nSPS) is 14.6. The van der Waals surface area contributed by atoms with E-state index in [0.717, 1.165) is 5.69 Å². The lowest BCUT2D eigenvalue weighted by Gasteiger charge is -2.36. The van der Waals surface area contributed by atoms with Crippen LogP contribution >= 0.6 is 11.6 Å². The van der Waals surface area contributed by atoms with E-state index < -0.39 is 5.82 Å². The van der Waals surface area contributed by atoms with Crippen molar-refractivity contribution >= 4 is 23.2 Å². The zero-order chi connectivity index (χ0) is 17.1. The minimum absolute atomic E-state index is 0.0759. The first-order valence-electron chi connectivity index (χ1n) is 7.72. The molecule has 0 aliphatic carbocycles. The van der Waals surface area contributed by atoms with Crippen molar-refractivity contribution in [3.05, 3.63) is 58.9 Å². The highest BCUT2D eigenvalue weighted by Crippen LogP contribution is 2.22. The van der Waals surface area contributed by atoms with Crippen LogP contribution in [-0.4, -0.2) is 44.1 Å². The van der Waals surface area contributed by atoms with Crippen LogP contribution in [-0.2, 0) is 0 Å². The van der Waals surface area contributed by atoms with Gasteiger partial charge in [-0.25, -0.2) is 4.39 Å². The number of anilines is 1. The van der Waals surface area contributed by atoms with Gasteiger partial charge < -0.3 is 14.5 Å². The van der Waals surface area contributed by atoms with E-state index in [-0.39, 0.29) is 11.5 Å². The van der Waals surface area contributed by atoms with Gasteiger partial charge in [0.15, 0.2) is 0 Å². The van der Waals surface area contributed by atoms with Crippen molar-refractivity contribution in [2.45, 2.75) is 0 Å². The maximum absolute atomic E-state index is 14.1. The van der Waals surface area contributed by atoms with Gasteiger partial charge in [0.2, 0.25) is 0 Å². The van der Waals surface area contributed by atoms with Gasteiger partial charge in [0.1, 0.15) is 11.6 Å². The summed E-state index contributed by atoms with van der Waals surface area (Å²) in [6, 6.07) is 11.9. The Balaban J connectivity index is 1.67. The molecule has 0 aromatic heterocycles. The van der Waals surface area contributed by atoms with Gasteiger partial charge in [-0.15, -0.1) is 0 Å². The van der Waals surface area contributed by atoms with Crippen LogP contribution in [0, 0.1) is 5.82 Å². The van der Waals surface area contributed by atoms with Gasteiger partial charge in [-0.2, -0.15) is 0 Å². The Bertz CT molecular complexity index is 746. The lowest BCUT2D eigenvalue weighted by Crippen LogP contribution is -2.49. The highest BCUT2D eigenvalue weighted by molar-refractivity contribution is 6.30. The first-order chi connectivity index (χ1) is 11.6. The topological polar surface area (TPSA) is 32.8 Å². The summed E-state index contributed by atoms with van der Waals surface area (Å²) in [7, 11) is 1.46. The third-order valence-electron chi connectivity index (χ3n) is 4.15. The van der Waals surface area contributed by atoms with E-state index in [2.05, 4.69) is 4.90 Å². The number of rotatable bonds is 3. The number of amides is 1. The van der Waals surface area contributed by atoms with Crippen LogP contribution in [0.15, 0.2) is 42.5 Å². The number of carbonyl (C=O) groups excluding carboxylic acids is 1. The van der Waals surface area contributed by atoms with E-state index in [4.69, 9.17) is 16.3 Å². The number of nitrogens with zero attached hydrogens (tertiary/aromatic N) is 2. The second-order valence-corrected chi connectivity index (χ2v) is 6.04. The van der Waals surface area contributed by atoms with Crippen LogP contribution in [0.1, 0.15) is 10.4 Å². The van der Waals surface area contributed by atoms with E-state index in [9.17, 15) is 9.18 Å². The molecular weight excluding hydrogens is 331 g/mol. The molecule has 2 aromatic carbocycles. The summed E-state index contributed by atoms with van der Waals surface area (Å²) in [4.78, 5) is 16.4. The fourth-order valence-corrected chi connectivity index (χ4v) is 2.99. The van der Waals surface area contributed by atoms with Crippen LogP contribution in [0.25, 0.3) is 0 Å². The van der Waals surface area contributed by atoms with Gasteiger partial charge in [-0.1, -0.05) is 17.7 Å². The number of hydrogen-bond donors (Lipinski definition) is 0. The van der Waals surface area contributed by atoms with Crippen LogP contribution in [0.3, 0.4) is 0 Å². The van der Waals surface area contributed by atoms with Crippen LogP contribution in [0.2, 0.25) is 5.02 Å². The third-order valence-corrected chi connectivity index (χ3v) is 4.38. The third kappa shape index (κ3) is 3.46. The standard InChI is InChI=1S/C18H18ClFN2O2/c1-24-15-5-6-16(17(20)12-15)18(23)22-9-7-21(8-10-22)14-4-2-3-13(19)11-14/h2-6,11-12H,7-10H2,1H3. The van der Waals surface area contributed by atoms with E-state index in [1.165, 1.54) is 19.2 Å². The molecule has 0 bridgehead atoms. The molecule has 2 aromatic rings. The fraction of sp³-hybridized carbons (Fsp3) is 0.278. The van der Waals surface area contributed by atoms with Gasteiger partial charge in [-0.05, 0) is 30.3 Å².